The predicted molar refractivity (Wildman–Crippen MR) is 110 cm³/mol. The number of carbonyl (C=O) groups excluding carboxylic acids is 3. The lowest BCUT2D eigenvalue weighted by atomic mass is 10.1. The van der Waals surface area contributed by atoms with E-state index in [2.05, 4.69) is 10.3 Å². The lowest BCUT2D eigenvalue weighted by Gasteiger charge is -2.17. The van der Waals surface area contributed by atoms with Gasteiger partial charge >= 0.3 is 0 Å². The summed E-state index contributed by atoms with van der Waals surface area (Å²) in [7, 11) is 0. The van der Waals surface area contributed by atoms with Crippen LogP contribution in [0.2, 0.25) is 0 Å². The number of aromatic amines is 1. The van der Waals surface area contributed by atoms with Crippen molar-refractivity contribution in [2.75, 3.05) is 18.0 Å². The van der Waals surface area contributed by atoms with Crippen molar-refractivity contribution in [3.8, 4) is 0 Å². The van der Waals surface area contributed by atoms with Crippen LogP contribution in [-0.4, -0.2) is 46.7 Å². The van der Waals surface area contributed by atoms with E-state index >= 15 is 0 Å². The molecule has 0 spiro atoms. The van der Waals surface area contributed by atoms with Crippen molar-refractivity contribution >= 4 is 23.4 Å². The van der Waals surface area contributed by atoms with Crippen LogP contribution in [-0.2, 0) is 22.6 Å². The Labute approximate surface area is 174 Å². The fourth-order valence-corrected chi connectivity index (χ4v) is 4.42. The molecule has 0 radical (unpaired) electrons. The number of aromatic nitrogens is 1. The number of halogens is 1. The quantitative estimate of drug-likeness (QED) is 0.808. The zero-order chi connectivity index (χ0) is 21.6. The molecule has 8 heteroatoms. The van der Waals surface area contributed by atoms with Crippen LogP contribution in [0.4, 0.5) is 10.1 Å². The molecule has 4 rings (SSSR count). The van der Waals surface area contributed by atoms with Crippen molar-refractivity contribution in [1.29, 1.82) is 0 Å². The first-order chi connectivity index (χ1) is 14.2. The maximum absolute atomic E-state index is 13.5. The third-order valence-corrected chi connectivity index (χ3v) is 6.03. The van der Waals surface area contributed by atoms with Crippen LogP contribution in [0.3, 0.4) is 0 Å². The molecule has 2 aliphatic rings. The molecule has 1 fully saturated rings. The number of aryl methyl sites for hydroxylation is 1. The second-order valence-corrected chi connectivity index (χ2v) is 8.08. The smallest absolute Gasteiger partial charge is 0.253 e. The highest BCUT2D eigenvalue weighted by Crippen LogP contribution is 2.32. The molecule has 0 aliphatic carbocycles. The molecule has 158 valence electrons. The van der Waals surface area contributed by atoms with Gasteiger partial charge in [-0.2, -0.15) is 0 Å². The van der Waals surface area contributed by atoms with E-state index in [-0.39, 0.29) is 36.0 Å². The number of H-pyrrole nitrogens is 1. The van der Waals surface area contributed by atoms with Crippen LogP contribution in [0.5, 0.6) is 0 Å². The highest BCUT2D eigenvalue weighted by molar-refractivity contribution is 6.01. The summed E-state index contributed by atoms with van der Waals surface area (Å²) in [6.45, 7) is 6.68. The summed E-state index contributed by atoms with van der Waals surface area (Å²) in [4.78, 5) is 43.5. The number of nitrogens with zero attached hydrogens (tertiary/aromatic N) is 2. The van der Waals surface area contributed by atoms with Gasteiger partial charge in [0.1, 0.15) is 5.82 Å². The zero-order valence-electron chi connectivity index (χ0n) is 17.3. The average Bonchev–Trinajstić information content (AvgIpc) is 3.32. The number of hydrogen-bond acceptors (Lipinski definition) is 3. The monoisotopic (exact) mass is 412 g/mol. The van der Waals surface area contributed by atoms with Crippen molar-refractivity contribution in [3.63, 3.8) is 0 Å². The van der Waals surface area contributed by atoms with Crippen molar-refractivity contribution in [1.82, 2.24) is 15.2 Å². The predicted octanol–water partition coefficient (Wildman–Crippen LogP) is 2.21. The molecular formula is C22H25FN4O3. The van der Waals surface area contributed by atoms with Gasteiger partial charge in [0.2, 0.25) is 11.8 Å². The van der Waals surface area contributed by atoms with Gasteiger partial charge in [0.25, 0.3) is 5.91 Å². The third kappa shape index (κ3) is 3.58. The Balaban J connectivity index is 1.51. The van der Waals surface area contributed by atoms with E-state index in [4.69, 9.17) is 0 Å². The maximum Gasteiger partial charge on any atom is 0.253 e. The van der Waals surface area contributed by atoms with E-state index in [1.807, 2.05) is 13.8 Å². The second kappa shape index (κ2) is 7.59. The second-order valence-electron chi connectivity index (χ2n) is 8.08. The number of nitrogens with one attached hydrogen (secondary N) is 2. The summed E-state index contributed by atoms with van der Waals surface area (Å²) in [6.07, 6.45) is 0.907. The number of rotatable bonds is 4. The molecule has 1 aromatic carbocycles. The molecule has 1 saturated heterocycles. The molecule has 3 heterocycles. The molecule has 2 aromatic rings. The van der Waals surface area contributed by atoms with Crippen molar-refractivity contribution in [2.24, 2.45) is 0 Å². The number of fused-ring (bicyclic) bond motifs is 1. The SMILES string of the molecule is CC(=O)N1CC[C@H](NC(=O)c2c(C)[nH]c(CN3C(=O)Cc4cc(F)ccc43)c2C)C1. The molecule has 2 aliphatic heterocycles. The minimum Gasteiger partial charge on any atom is -0.360 e. The van der Waals surface area contributed by atoms with Crippen LogP contribution in [0.15, 0.2) is 18.2 Å². The molecular weight excluding hydrogens is 387 g/mol. The normalized spacial score (nSPS) is 18.1. The number of likely N-dealkylation sites (tertiary alicyclic amines) is 1. The summed E-state index contributed by atoms with van der Waals surface area (Å²) < 4.78 is 13.5. The summed E-state index contributed by atoms with van der Waals surface area (Å²) in [6, 6.07) is 4.29. The van der Waals surface area contributed by atoms with Crippen molar-refractivity contribution < 1.29 is 18.8 Å². The van der Waals surface area contributed by atoms with Gasteiger partial charge in [-0.1, -0.05) is 0 Å². The molecule has 2 N–H and O–H groups in total. The number of carbonyl (C=O) groups is 3. The van der Waals surface area contributed by atoms with E-state index < -0.39 is 0 Å². The van der Waals surface area contributed by atoms with Crippen LogP contribution < -0.4 is 10.2 Å². The highest BCUT2D eigenvalue weighted by atomic mass is 19.1. The first-order valence-electron chi connectivity index (χ1n) is 10.1. The zero-order valence-corrected chi connectivity index (χ0v) is 17.3. The number of amides is 3. The fraction of sp³-hybridized carbons (Fsp3) is 0.409. The molecule has 30 heavy (non-hydrogen) atoms. The van der Waals surface area contributed by atoms with Gasteiger partial charge < -0.3 is 20.1 Å². The van der Waals surface area contributed by atoms with Gasteiger partial charge in [-0.25, -0.2) is 4.39 Å². The molecule has 1 atom stereocenters. The minimum atomic E-state index is -0.357. The molecule has 0 unspecified atom stereocenters. The number of anilines is 1. The summed E-state index contributed by atoms with van der Waals surface area (Å²) in [5.41, 5.74) is 4.24. The third-order valence-electron chi connectivity index (χ3n) is 6.03. The van der Waals surface area contributed by atoms with Crippen molar-refractivity contribution in [3.05, 3.63) is 52.1 Å². The van der Waals surface area contributed by atoms with Crippen LogP contribution >= 0.6 is 0 Å². The Morgan fingerprint density at radius 1 is 1.30 bits per heavy atom. The Kier molecular flexibility index (Phi) is 5.09. The topological polar surface area (TPSA) is 85.5 Å². The Morgan fingerprint density at radius 2 is 2.07 bits per heavy atom. The maximum atomic E-state index is 13.5. The van der Waals surface area contributed by atoms with Crippen LogP contribution in [0.25, 0.3) is 0 Å². The number of benzene rings is 1. The van der Waals surface area contributed by atoms with Gasteiger partial charge in [0.15, 0.2) is 0 Å². The minimum absolute atomic E-state index is 0.0125. The molecule has 3 amide bonds. The summed E-state index contributed by atoms with van der Waals surface area (Å²) >= 11 is 0. The van der Waals surface area contributed by atoms with Gasteiger partial charge in [0.05, 0.1) is 18.5 Å². The summed E-state index contributed by atoms with van der Waals surface area (Å²) in [5, 5.41) is 3.02. The van der Waals surface area contributed by atoms with E-state index in [0.29, 0.717) is 36.4 Å². The van der Waals surface area contributed by atoms with E-state index in [9.17, 15) is 18.8 Å². The number of hydrogen-bond donors (Lipinski definition) is 2. The molecule has 0 saturated carbocycles. The average molecular weight is 412 g/mol. The molecule has 7 nitrogen and oxygen atoms in total. The van der Waals surface area contributed by atoms with Gasteiger partial charge in [-0.3, -0.25) is 14.4 Å². The van der Waals surface area contributed by atoms with Crippen LogP contribution in [0, 0.1) is 19.7 Å². The lowest BCUT2D eigenvalue weighted by molar-refractivity contribution is -0.127. The van der Waals surface area contributed by atoms with Gasteiger partial charge in [-0.15, -0.1) is 0 Å². The van der Waals surface area contributed by atoms with E-state index in [0.717, 1.165) is 23.4 Å². The molecule has 1 aromatic heterocycles. The van der Waals surface area contributed by atoms with E-state index in [1.54, 1.807) is 15.9 Å². The highest BCUT2D eigenvalue weighted by Gasteiger charge is 2.31. The lowest BCUT2D eigenvalue weighted by Crippen LogP contribution is -2.38. The Hall–Kier alpha value is -3.16. The van der Waals surface area contributed by atoms with E-state index in [1.165, 1.54) is 19.1 Å². The Bertz CT molecular complexity index is 1050. The Morgan fingerprint density at radius 3 is 2.77 bits per heavy atom. The first kappa shape index (κ1) is 20.1. The van der Waals surface area contributed by atoms with Crippen molar-refractivity contribution in [2.45, 2.75) is 46.2 Å². The molecule has 0 bridgehead atoms. The van der Waals surface area contributed by atoms with Gasteiger partial charge in [-0.05, 0) is 49.6 Å². The van der Waals surface area contributed by atoms with Gasteiger partial charge in [0, 0.05) is 43.1 Å². The van der Waals surface area contributed by atoms with Crippen LogP contribution in [0.1, 0.15) is 46.2 Å². The standard InChI is InChI=1S/C22H25FN4O3/c1-12-18(11-27-19-5-4-16(23)8-15(19)9-20(27)29)24-13(2)21(12)22(30)25-17-6-7-26(10-17)14(3)28/h4-5,8,17,24H,6-7,9-11H2,1-3H3,(H,25,30)/t17-/m0/s1. The first-order valence-corrected chi connectivity index (χ1v) is 10.1. The fourth-order valence-electron chi connectivity index (χ4n) is 4.42. The largest absolute Gasteiger partial charge is 0.360 e. The summed E-state index contributed by atoms with van der Waals surface area (Å²) in [5.74, 6) is -0.621.